The molecule has 0 aromatic heterocycles. The predicted octanol–water partition coefficient (Wildman–Crippen LogP) is 3.63. The van der Waals surface area contributed by atoms with Crippen molar-refractivity contribution in [3.05, 3.63) is 53.6 Å². The van der Waals surface area contributed by atoms with Gasteiger partial charge in [0, 0.05) is 44.8 Å². The highest BCUT2D eigenvalue weighted by Crippen LogP contribution is 2.33. The lowest BCUT2D eigenvalue weighted by Gasteiger charge is -2.34. The zero-order valence-corrected chi connectivity index (χ0v) is 19.9. The molecule has 0 atom stereocenters. The molecule has 0 spiro atoms. The second-order valence-corrected chi connectivity index (χ2v) is 9.38. The number of nitrogens with zero attached hydrogens (tertiary/aromatic N) is 3. The summed E-state index contributed by atoms with van der Waals surface area (Å²) >= 11 is 0. The van der Waals surface area contributed by atoms with Crippen LogP contribution < -0.4 is 14.2 Å². The van der Waals surface area contributed by atoms with E-state index in [1.165, 1.54) is 37.9 Å². The van der Waals surface area contributed by atoms with Gasteiger partial charge in [-0.05, 0) is 68.2 Å². The van der Waals surface area contributed by atoms with E-state index in [0.717, 1.165) is 58.0 Å². The Hall–Kier alpha value is -2.77. The molecular formula is C27H35N3O4. The monoisotopic (exact) mass is 465 g/mol. The molecule has 0 unspecified atom stereocenters. The van der Waals surface area contributed by atoms with Gasteiger partial charge in [-0.25, -0.2) is 0 Å². The summed E-state index contributed by atoms with van der Waals surface area (Å²) in [5.74, 6) is 2.36. The van der Waals surface area contributed by atoms with E-state index in [1.54, 1.807) is 6.07 Å². The highest BCUT2D eigenvalue weighted by molar-refractivity contribution is 5.95. The zero-order valence-electron chi connectivity index (χ0n) is 19.9. The second kappa shape index (κ2) is 11.1. The highest BCUT2D eigenvalue weighted by Gasteiger charge is 2.24. The SMILES string of the molecule is O=C(c1ccc2c(c1)OCO2)N1CCN(Cc2ccc(OCCCN3CCCCC3)cc2)CC1. The maximum absolute atomic E-state index is 12.9. The van der Waals surface area contributed by atoms with Crippen LogP contribution in [0.25, 0.3) is 0 Å². The first-order valence-electron chi connectivity index (χ1n) is 12.6. The molecular weight excluding hydrogens is 430 g/mol. The molecule has 0 aliphatic carbocycles. The Labute approximate surface area is 202 Å². The van der Waals surface area contributed by atoms with Crippen molar-refractivity contribution in [1.29, 1.82) is 0 Å². The van der Waals surface area contributed by atoms with E-state index < -0.39 is 0 Å². The van der Waals surface area contributed by atoms with Crippen LogP contribution in [0.2, 0.25) is 0 Å². The van der Waals surface area contributed by atoms with Crippen LogP contribution in [0.5, 0.6) is 17.2 Å². The van der Waals surface area contributed by atoms with Crippen LogP contribution in [0, 0.1) is 0 Å². The minimum atomic E-state index is 0.0553. The van der Waals surface area contributed by atoms with E-state index in [1.807, 2.05) is 17.0 Å². The van der Waals surface area contributed by atoms with E-state index in [2.05, 4.69) is 34.1 Å². The summed E-state index contributed by atoms with van der Waals surface area (Å²) < 4.78 is 16.7. The van der Waals surface area contributed by atoms with Gasteiger partial charge in [0.05, 0.1) is 6.61 Å². The van der Waals surface area contributed by atoms with Crippen molar-refractivity contribution in [2.75, 3.05) is 59.2 Å². The lowest BCUT2D eigenvalue weighted by atomic mass is 10.1. The van der Waals surface area contributed by atoms with Gasteiger partial charge < -0.3 is 24.0 Å². The molecule has 3 aliphatic rings. The summed E-state index contributed by atoms with van der Waals surface area (Å²) in [7, 11) is 0. The van der Waals surface area contributed by atoms with Gasteiger partial charge in [-0.1, -0.05) is 18.6 Å². The van der Waals surface area contributed by atoms with Crippen LogP contribution in [0.4, 0.5) is 0 Å². The maximum atomic E-state index is 12.9. The lowest BCUT2D eigenvalue weighted by molar-refractivity contribution is 0.0628. The van der Waals surface area contributed by atoms with Gasteiger partial charge in [0.2, 0.25) is 6.79 Å². The molecule has 7 heteroatoms. The number of piperidine rings is 1. The molecule has 2 aromatic carbocycles. The summed E-state index contributed by atoms with van der Waals surface area (Å²) in [5.41, 5.74) is 1.93. The Bertz CT molecular complexity index is 951. The largest absolute Gasteiger partial charge is 0.494 e. The standard InChI is InChI=1S/C27H35N3O4/c31-27(23-7-10-25-26(19-23)34-21-33-25)30-16-14-29(15-17-30)20-22-5-8-24(9-6-22)32-18-4-13-28-11-2-1-3-12-28/h5-10,19H,1-4,11-18,20-21H2. The topological polar surface area (TPSA) is 54.5 Å². The van der Waals surface area contributed by atoms with Crippen LogP contribution >= 0.6 is 0 Å². The molecule has 0 radical (unpaired) electrons. The van der Waals surface area contributed by atoms with E-state index in [-0.39, 0.29) is 12.7 Å². The maximum Gasteiger partial charge on any atom is 0.254 e. The smallest absolute Gasteiger partial charge is 0.254 e. The summed E-state index contributed by atoms with van der Waals surface area (Å²) in [5, 5.41) is 0. The van der Waals surface area contributed by atoms with Crippen LogP contribution in [-0.2, 0) is 6.54 Å². The van der Waals surface area contributed by atoms with Crippen LogP contribution in [0.3, 0.4) is 0 Å². The number of fused-ring (bicyclic) bond motifs is 1. The molecule has 182 valence electrons. The van der Waals surface area contributed by atoms with Gasteiger partial charge >= 0.3 is 0 Å². The Morgan fingerprint density at radius 1 is 0.824 bits per heavy atom. The van der Waals surface area contributed by atoms with Crippen LogP contribution in [0.15, 0.2) is 42.5 Å². The van der Waals surface area contributed by atoms with Crippen molar-refractivity contribution in [2.24, 2.45) is 0 Å². The van der Waals surface area contributed by atoms with Gasteiger partial charge in [0.25, 0.3) is 5.91 Å². The van der Waals surface area contributed by atoms with E-state index in [9.17, 15) is 4.79 Å². The fraction of sp³-hybridized carbons (Fsp3) is 0.519. The number of piperazine rings is 1. The average Bonchev–Trinajstić information content (AvgIpc) is 3.36. The average molecular weight is 466 g/mol. The van der Waals surface area contributed by atoms with Gasteiger partial charge in [-0.3, -0.25) is 9.69 Å². The van der Waals surface area contributed by atoms with Crippen molar-refractivity contribution in [1.82, 2.24) is 14.7 Å². The molecule has 2 saturated heterocycles. The Kier molecular flexibility index (Phi) is 7.51. The van der Waals surface area contributed by atoms with Gasteiger partial charge in [-0.2, -0.15) is 0 Å². The fourth-order valence-electron chi connectivity index (χ4n) is 4.93. The van der Waals surface area contributed by atoms with Crippen molar-refractivity contribution in [2.45, 2.75) is 32.2 Å². The second-order valence-electron chi connectivity index (χ2n) is 9.38. The van der Waals surface area contributed by atoms with Gasteiger partial charge in [-0.15, -0.1) is 0 Å². The molecule has 2 aromatic rings. The number of amides is 1. The number of carbonyl (C=O) groups is 1. The normalized spacial score (nSPS) is 18.8. The van der Waals surface area contributed by atoms with Crippen LogP contribution in [0.1, 0.15) is 41.6 Å². The minimum Gasteiger partial charge on any atom is -0.494 e. The Morgan fingerprint density at radius 2 is 1.59 bits per heavy atom. The number of benzene rings is 2. The first-order valence-corrected chi connectivity index (χ1v) is 12.6. The third-order valence-corrected chi connectivity index (χ3v) is 6.94. The molecule has 3 heterocycles. The van der Waals surface area contributed by atoms with E-state index in [0.29, 0.717) is 17.1 Å². The number of rotatable bonds is 8. The molecule has 7 nitrogen and oxygen atoms in total. The molecule has 1 amide bonds. The predicted molar refractivity (Wildman–Crippen MR) is 131 cm³/mol. The molecule has 0 bridgehead atoms. The zero-order chi connectivity index (χ0) is 23.2. The van der Waals surface area contributed by atoms with Crippen molar-refractivity contribution < 1.29 is 19.0 Å². The summed E-state index contributed by atoms with van der Waals surface area (Å²) in [6, 6.07) is 13.9. The lowest BCUT2D eigenvalue weighted by Crippen LogP contribution is -2.48. The fourth-order valence-corrected chi connectivity index (χ4v) is 4.93. The van der Waals surface area contributed by atoms with Gasteiger partial charge in [0.1, 0.15) is 5.75 Å². The quantitative estimate of drug-likeness (QED) is 0.555. The number of hydrogen-bond donors (Lipinski definition) is 0. The third-order valence-electron chi connectivity index (χ3n) is 6.94. The van der Waals surface area contributed by atoms with Crippen LogP contribution in [-0.4, -0.2) is 79.8 Å². The first kappa shape index (κ1) is 23.0. The first-order chi connectivity index (χ1) is 16.7. The molecule has 2 fully saturated rings. The number of carbonyl (C=O) groups excluding carboxylic acids is 1. The highest BCUT2D eigenvalue weighted by atomic mass is 16.7. The van der Waals surface area contributed by atoms with E-state index in [4.69, 9.17) is 14.2 Å². The molecule has 34 heavy (non-hydrogen) atoms. The summed E-state index contributed by atoms with van der Waals surface area (Å²) in [6.45, 7) is 8.70. The summed E-state index contributed by atoms with van der Waals surface area (Å²) in [4.78, 5) is 19.8. The van der Waals surface area contributed by atoms with Crippen molar-refractivity contribution in [3.63, 3.8) is 0 Å². The number of hydrogen-bond acceptors (Lipinski definition) is 6. The van der Waals surface area contributed by atoms with Crippen molar-refractivity contribution in [3.8, 4) is 17.2 Å². The summed E-state index contributed by atoms with van der Waals surface area (Å²) in [6.07, 6.45) is 5.15. The minimum absolute atomic E-state index is 0.0553. The van der Waals surface area contributed by atoms with E-state index >= 15 is 0 Å². The Morgan fingerprint density at radius 3 is 2.38 bits per heavy atom. The molecule has 5 rings (SSSR count). The van der Waals surface area contributed by atoms with Crippen molar-refractivity contribution >= 4 is 5.91 Å². The molecule has 3 aliphatic heterocycles. The molecule has 0 saturated carbocycles. The number of likely N-dealkylation sites (tertiary alicyclic amines) is 1. The van der Waals surface area contributed by atoms with Gasteiger partial charge in [0.15, 0.2) is 11.5 Å². The Balaban J connectivity index is 1.03. The number of ether oxygens (including phenoxy) is 3. The third kappa shape index (κ3) is 5.83. The molecule has 0 N–H and O–H groups in total.